The van der Waals surface area contributed by atoms with Crippen LogP contribution in [0.5, 0.6) is 5.75 Å². The number of nitrogens with zero attached hydrogens (tertiary/aromatic N) is 1. The zero-order valence-electron chi connectivity index (χ0n) is 10.1. The molecule has 1 N–H and O–H groups in total. The molecule has 0 unspecified atom stereocenters. The van der Waals surface area contributed by atoms with Crippen LogP contribution in [0.4, 0.5) is 0 Å². The number of rotatable bonds is 3. The molecule has 0 bridgehead atoms. The van der Waals surface area contributed by atoms with E-state index in [1.807, 2.05) is 24.3 Å². The maximum absolute atomic E-state index is 11.4. The summed E-state index contributed by atoms with van der Waals surface area (Å²) in [5.41, 5.74) is 0.817. The maximum atomic E-state index is 11.4. The van der Waals surface area contributed by atoms with Gasteiger partial charge in [-0.15, -0.1) is 0 Å². The molecule has 1 aromatic carbocycles. The SMILES string of the molecule is COc1ccc([C@@H](O)[C@H]2CCC(=O)N2C)cc1. The number of likely N-dealkylation sites (tertiary alicyclic amines) is 1. The van der Waals surface area contributed by atoms with Gasteiger partial charge in [0.2, 0.25) is 5.91 Å². The maximum Gasteiger partial charge on any atom is 0.222 e. The first kappa shape index (κ1) is 11.9. The number of amides is 1. The highest BCUT2D eigenvalue weighted by molar-refractivity contribution is 5.78. The van der Waals surface area contributed by atoms with Crippen LogP contribution in [-0.2, 0) is 4.79 Å². The predicted molar refractivity (Wildman–Crippen MR) is 63.7 cm³/mol. The summed E-state index contributed by atoms with van der Waals surface area (Å²) in [4.78, 5) is 13.0. The Balaban J connectivity index is 2.13. The van der Waals surface area contributed by atoms with Gasteiger partial charge in [0.1, 0.15) is 5.75 Å². The molecule has 1 fully saturated rings. The molecule has 0 saturated carbocycles. The van der Waals surface area contributed by atoms with E-state index in [0.717, 1.165) is 11.3 Å². The van der Waals surface area contributed by atoms with Crippen LogP contribution >= 0.6 is 0 Å². The second-order valence-corrected chi connectivity index (χ2v) is 4.33. The summed E-state index contributed by atoms with van der Waals surface area (Å²) in [6.45, 7) is 0. The monoisotopic (exact) mass is 235 g/mol. The molecule has 1 aliphatic heterocycles. The number of benzene rings is 1. The number of aliphatic hydroxyl groups is 1. The third-order valence-electron chi connectivity index (χ3n) is 3.37. The normalized spacial score (nSPS) is 21.7. The lowest BCUT2D eigenvalue weighted by Gasteiger charge is -2.25. The van der Waals surface area contributed by atoms with Gasteiger partial charge >= 0.3 is 0 Å². The molecule has 1 amide bonds. The second kappa shape index (κ2) is 4.75. The van der Waals surface area contributed by atoms with Gasteiger partial charge in [0.05, 0.1) is 19.3 Å². The van der Waals surface area contributed by atoms with Crippen molar-refractivity contribution in [1.82, 2.24) is 4.90 Å². The molecule has 1 heterocycles. The van der Waals surface area contributed by atoms with E-state index in [-0.39, 0.29) is 11.9 Å². The molecule has 4 heteroatoms. The zero-order chi connectivity index (χ0) is 12.4. The average Bonchev–Trinajstić information content (AvgIpc) is 2.69. The standard InChI is InChI=1S/C13H17NO3/c1-14-11(7-8-12(14)15)13(16)9-3-5-10(17-2)6-4-9/h3-6,11,13,16H,7-8H2,1-2H3/t11-,13-/m1/s1. The van der Waals surface area contributed by atoms with E-state index in [4.69, 9.17) is 4.74 Å². The van der Waals surface area contributed by atoms with Crippen LogP contribution in [0.25, 0.3) is 0 Å². The minimum atomic E-state index is -0.627. The van der Waals surface area contributed by atoms with Gasteiger partial charge in [0, 0.05) is 13.5 Å². The van der Waals surface area contributed by atoms with Gasteiger partial charge in [0.25, 0.3) is 0 Å². The Morgan fingerprint density at radius 3 is 2.53 bits per heavy atom. The van der Waals surface area contributed by atoms with Crippen molar-refractivity contribution in [3.8, 4) is 5.75 Å². The number of aliphatic hydroxyl groups excluding tert-OH is 1. The molecule has 0 radical (unpaired) electrons. The molecule has 92 valence electrons. The third-order valence-corrected chi connectivity index (χ3v) is 3.37. The van der Waals surface area contributed by atoms with Gasteiger partial charge in [-0.2, -0.15) is 0 Å². The first-order valence-electron chi connectivity index (χ1n) is 5.71. The van der Waals surface area contributed by atoms with Gasteiger partial charge in [-0.05, 0) is 24.1 Å². The molecule has 0 aliphatic carbocycles. The fourth-order valence-electron chi connectivity index (χ4n) is 2.22. The summed E-state index contributed by atoms with van der Waals surface area (Å²) in [5.74, 6) is 0.861. The number of methoxy groups -OCH3 is 1. The van der Waals surface area contributed by atoms with E-state index in [0.29, 0.717) is 12.8 Å². The minimum Gasteiger partial charge on any atom is -0.497 e. The van der Waals surface area contributed by atoms with Gasteiger partial charge in [0.15, 0.2) is 0 Å². The average molecular weight is 235 g/mol. The Labute approximate surface area is 101 Å². The molecule has 0 aromatic heterocycles. The quantitative estimate of drug-likeness (QED) is 0.860. The number of hydrogen-bond donors (Lipinski definition) is 1. The molecule has 4 nitrogen and oxygen atoms in total. The van der Waals surface area contributed by atoms with Crippen molar-refractivity contribution in [2.45, 2.75) is 25.0 Å². The number of carbonyl (C=O) groups is 1. The van der Waals surface area contributed by atoms with Gasteiger partial charge in [-0.3, -0.25) is 4.79 Å². The minimum absolute atomic E-state index is 0.0996. The smallest absolute Gasteiger partial charge is 0.222 e. The van der Waals surface area contributed by atoms with E-state index >= 15 is 0 Å². The number of hydrogen-bond acceptors (Lipinski definition) is 3. The first-order chi connectivity index (χ1) is 8.13. The fourth-order valence-corrected chi connectivity index (χ4v) is 2.22. The summed E-state index contributed by atoms with van der Waals surface area (Å²) >= 11 is 0. The van der Waals surface area contributed by atoms with Gasteiger partial charge < -0.3 is 14.7 Å². The molecule has 1 saturated heterocycles. The van der Waals surface area contributed by atoms with Gasteiger partial charge in [-0.1, -0.05) is 12.1 Å². The largest absolute Gasteiger partial charge is 0.497 e. The lowest BCUT2D eigenvalue weighted by Crippen LogP contribution is -2.33. The lowest BCUT2D eigenvalue weighted by molar-refractivity contribution is -0.128. The third kappa shape index (κ3) is 2.26. The van der Waals surface area contributed by atoms with Crippen molar-refractivity contribution in [2.75, 3.05) is 14.2 Å². The highest BCUT2D eigenvalue weighted by atomic mass is 16.5. The highest BCUT2D eigenvalue weighted by Crippen LogP contribution is 2.29. The Hall–Kier alpha value is -1.55. The first-order valence-corrected chi connectivity index (χ1v) is 5.71. The van der Waals surface area contributed by atoms with Crippen molar-refractivity contribution in [2.24, 2.45) is 0 Å². The topological polar surface area (TPSA) is 49.8 Å². The molecule has 2 atom stereocenters. The summed E-state index contributed by atoms with van der Waals surface area (Å²) < 4.78 is 5.07. The summed E-state index contributed by atoms with van der Waals surface area (Å²) in [6, 6.07) is 7.18. The van der Waals surface area contributed by atoms with E-state index < -0.39 is 6.10 Å². The van der Waals surface area contributed by atoms with Crippen molar-refractivity contribution in [1.29, 1.82) is 0 Å². The van der Waals surface area contributed by atoms with E-state index in [1.54, 1.807) is 19.1 Å². The lowest BCUT2D eigenvalue weighted by atomic mass is 10.0. The number of ether oxygens (including phenoxy) is 1. The van der Waals surface area contributed by atoms with Crippen molar-refractivity contribution in [3.63, 3.8) is 0 Å². The van der Waals surface area contributed by atoms with Crippen LogP contribution < -0.4 is 4.74 Å². The summed E-state index contributed by atoms with van der Waals surface area (Å²) in [5, 5.41) is 10.2. The Morgan fingerprint density at radius 2 is 2.06 bits per heavy atom. The van der Waals surface area contributed by atoms with E-state index in [1.165, 1.54) is 0 Å². The Bertz CT molecular complexity index is 402. The predicted octanol–water partition coefficient (Wildman–Crippen LogP) is 1.35. The summed E-state index contributed by atoms with van der Waals surface area (Å²) in [6.07, 6.45) is 0.606. The zero-order valence-corrected chi connectivity index (χ0v) is 10.1. The van der Waals surface area contributed by atoms with Crippen molar-refractivity contribution < 1.29 is 14.6 Å². The molecular formula is C13H17NO3. The van der Waals surface area contributed by atoms with Crippen LogP contribution in [-0.4, -0.2) is 36.1 Å². The highest BCUT2D eigenvalue weighted by Gasteiger charge is 2.33. The van der Waals surface area contributed by atoms with Crippen LogP contribution in [0.15, 0.2) is 24.3 Å². The number of likely N-dealkylation sites (N-methyl/N-ethyl adjacent to an activating group) is 1. The molecule has 17 heavy (non-hydrogen) atoms. The van der Waals surface area contributed by atoms with Crippen molar-refractivity contribution in [3.05, 3.63) is 29.8 Å². The van der Waals surface area contributed by atoms with Crippen LogP contribution in [0.2, 0.25) is 0 Å². The molecule has 2 rings (SSSR count). The van der Waals surface area contributed by atoms with Crippen LogP contribution in [0.1, 0.15) is 24.5 Å². The Kier molecular flexibility index (Phi) is 3.33. The Morgan fingerprint density at radius 1 is 1.41 bits per heavy atom. The summed E-state index contributed by atoms with van der Waals surface area (Å²) in [7, 11) is 3.35. The van der Waals surface area contributed by atoms with E-state index in [2.05, 4.69) is 0 Å². The molecule has 1 aliphatic rings. The van der Waals surface area contributed by atoms with E-state index in [9.17, 15) is 9.90 Å². The molecule has 1 aromatic rings. The van der Waals surface area contributed by atoms with Gasteiger partial charge in [-0.25, -0.2) is 0 Å². The fraction of sp³-hybridized carbons (Fsp3) is 0.462. The van der Waals surface area contributed by atoms with Crippen LogP contribution in [0, 0.1) is 0 Å². The number of carbonyl (C=O) groups excluding carboxylic acids is 1. The second-order valence-electron chi connectivity index (χ2n) is 4.33. The van der Waals surface area contributed by atoms with Crippen molar-refractivity contribution >= 4 is 5.91 Å². The van der Waals surface area contributed by atoms with Crippen LogP contribution in [0.3, 0.4) is 0 Å². The molecule has 0 spiro atoms. The molecular weight excluding hydrogens is 218 g/mol.